The van der Waals surface area contributed by atoms with E-state index in [1.165, 1.54) is 36.5 Å². The third-order valence-corrected chi connectivity index (χ3v) is 8.56. The number of fused-ring (bicyclic) bond motifs is 2. The predicted molar refractivity (Wildman–Crippen MR) is 130 cm³/mol. The number of anilines is 1. The molecule has 0 fully saturated rings. The van der Waals surface area contributed by atoms with Crippen LogP contribution in [-0.2, 0) is 22.4 Å². The van der Waals surface area contributed by atoms with Crippen molar-refractivity contribution in [3.63, 3.8) is 0 Å². The number of rotatable bonds is 6. The summed E-state index contributed by atoms with van der Waals surface area (Å²) in [6, 6.07) is 12.2. The van der Waals surface area contributed by atoms with E-state index >= 15 is 0 Å². The molecule has 1 aliphatic carbocycles. The van der Waals surface area contributed by atoms with Gasteiger partial charge in [0.25, 0.3) is 0 Å². The van der Waals surface area contributed by atoms with Crippen LogP contribution in [0.4, 0.5) is 5.00 Å². The zero-order valence-electron chi connectivity index (χ0n) is 17.2. The lowest BCUT2D eigenvalue weighted by atomic mass is 10.1. The van der Waals surface area contributed by atoms with E-state index in [-0.39, 0.29) is 11.7 Å². The standard InChI is InChI=1S/C23H19N3O3S3/c1-29-23(28)19-14-8-5-9-16(14)31-22(19)26-18(27)11-30-20-15-10-17(13-6-3-2-4-7-13)32-21(15)25-12-24-20/h2-4,6-7,10,12H,5,8-9,11H2,1H3,(H,26,27). The molecule has 32 heavy (non-hydrogen) atoms. The van der Waals surface area contributed by atoms with Crippen LogP contribution in [-0.4, -0.2) is 34.7 Å². The number of carbonyl (C=O) groups excluding carboxylic acids is 2. The molecule has 4 aromatic rings. The number of amides is 1. The summed E-state index contributed by atoms with van der Waals surface area (Å²) in [4.78, 5) is 37.0. The number of hydrogen-bond acceptors (Lipinski definition) is 8. The second kappa shape index (κ2) is 9.01. The molecule has 0 saturated heterocycles. The van der Waals surface area contributed by atoms with E-state index in [1.807, 2.05) is 18.2 Å². The van der Waals surface area contributed by atoms with E-state index in [4.69, 9.17) is 4.74 Å². The lowest BCUT2D eigenvalue weighted by molar-refractivity contribution is -0.113. The van der Waals surface area contributed by atoms with Gasteiger partial charge in [0.15, 0.2) is 0 Å². The third-order valence-electron chi connectivity index (χ3n) is 5.25. The van der Waals surface area contributed by atoms with E-state index in [1.54, 1.807) is 11.3 Å². The van der Waals surface area contributed by atoms with Crippen molar-refractivity contribution >= 4 is 61.5 Å². The predicted octanol–water partition coefficient (Wildman–Crippen LogP) is 5.43. The zero-order valence-corrected chi connectivity index (χ0v) is 19.7. The fourth-order valence-corrected chi connectivity index (χ4v) is 6.94. The van der Waals surface area contributed by atoms with Gasteiger partial charge < -0.3 is 10.1 Å². The van der Waals surface area contributed by atoms with E-state index in [2.05, 4.69) is 33.5 Å². The van der Waals surface area contributed by atoms with Crippen molar-refractivity contribution in [3.05, 3.63) is 58.7 Å². The van der Waals surface area contributed by atoms with Crippen LogP contribution < -0.4 is 5.32 Å². The molecule has 3 aromatic heterocycles. The summed E-state index contributed by atoms with van der Waals surface area (Å²) in [6.07, 6.45) is 4.36. The minimum atomic E-state index is -0.392. The molecule has 0 bridgehead atoms. The minimum Gasteiger partial charge on any atom is -0.465 e. The number of benzene rings is 1. The highest BCUT2D eigenvalue weighted by Gasteiger charge is 2.28. The van der Waals surface area contributed by atoms with Gasteiger partial charge in [0, 0.05) is 15.1 Å². The average Bonchev–Trinajstić information content (AvgIpc) is 3.52. The lowest BCUT2D eigenvalue weighted by Gasteiger charge is -2.07. The van der Waals surface area contributed by atoms with Crippen molar-refractivity contribution in [2.45, 2.75) is 24.3 Å². The van der Waals surface area contributed by atoms with Gasteiger partial charge in [-0.15, -0.1) is 22.7 Å². The second-order valence-electron chi connectivity index (χ2n) is 7.26. The fraction of sp³-hybridized carbons (Fsp3) is 0.217. The summed E-state index contributed by atoms with van der Waals surface area (Å²) < 4.78 is 4.95. The molecule has 1 aromatic carbocycles. The Balaban J connectivity index is 1.33. The fourth-order valence-electron chi connectivity index (χ4n) is 3.80. The number of carbonyl (C=O) groups is 2. The van der Waals surface area contributed by atoms with Crippen molar-refractivity contribution in [1.29, 1.82) is 0 Å². The van der Waals surface area contributed by atoms with Crippen LogP contribution in [0.3, 0.4) is 0 Å². The van der Waals surface area contributed by atoms with Gasteiger partial charge in [0.05, 0.1) is 18.4 Å². The molecule has 0 spiro atoms. The van der Waals surface area contributed by atoms with Gasteiger partial charge in [-0.3, -0.25) is 4.79 Å². The molecule has 0 atom stereocenters. The first-order valence-electron chi connectivity index (χ1n) is 10.1. The molecule has 0 unspecified atom stereocenters. The molecular formula is C23H19N3O3S3. The number of nitrogens with one attached hydrogen (secondary N) is 1. The molecular weight excluding hydrogens is 462 g/mol. The first-order chi connectivity index (χ1) is 15.6. The average molecular weight is 482 g/mol. The number of thiophene rings is 2. The molecule has 9 heteroatoms. The summed E-state index contributed by atoms with van der Waals surface area (Å²) in [6.45, 7) is 0. The number of hydrogen-bond donors (Lipinski definition) is 1. The van der Waals surface area contributed by atoms with Crippen molar-refractivity contribution < 1.29 is 14.3 Å². The number of aromatic nitrogens is 2. The van der Waals surface area contributed by atoms with Gasteiger partial charge in [-0.2, -0.15) is 0 Å². The van der Waals surface area contributed by atoms with Gasteiger partial charge in [-0.1, -0.05) is 42.1 Å². The number of methoxy groups -OCH3 is 1. The van der Waals surface area contributed by atoms with Gasteiger partial charge in [-0.25, -0.2) is 14.8 Å². The molecule has 1 amide bonds. The number of ether oxygens (including phenoxy) is 1. The van der Waals surface area contributed by atoms with Crippen molar-refractivity contribution in [3.8, 4) is 10.4 Å². The van der Waals surface area contributed by atoms with Gasteiger partial charge >= 0.3 is 5.97 Å². The van der Waals surface area contributed by atoms with Crippen LogP contribution in [0, 0.1) is 0 Å². The summed E-state index contributed by atoms with van der Waals surface area (Å²) in [5.41, 5.74) is 2.66. The number of nitrogens with zero attached hydrogens (tertiary/aromatic N) is 2. The normalized spacial score (nSPS) is 12.7. The Morgan fingerprint density at radius 1 is 1.16 bits per heavy atom. The Morgan fingerprint density at radius 2 is 2.00 bits per heavy atom. The van der Waals surface area contributed by atoms with Crippen LogP contribution in [0.2, 0.25) is 0 Å². The highest BCUT2D eigenvalue weighted by Crippen LogP contribution is 2.40. The molecule has 0 saturated carbocycles. The Hall–Kier alpha value is -2.75. The maximum Gasteiger partial charge on any atom is 0.341 e. The maximum atomic E-state index is 12.7. The Kier molecular flexibility index (Phi) is 5.95. The van der Waals surface area contributed by atoms with Gasteiger partial charge in [-0.05, 0) is 36.5 Å². The maximum absolute atomic E-state index is 12.7. The smallest absolute Gasteiger partial charge is 0.341 e. The highest BCUT2D eigenvalue weighted by molar-refractivity contribution is 8.00. The lowest BCUT2D eigenvalue weighted by Crippen LogP contribution is -2.16. The second-order valence-corrected chi connectivity index (χ2v) is 10.4. The van der Waals surface area contributed by atoms with E-state index in [0.717, 1.165) is 55.4 Å². The Bertz CT molecular complexity index is 1310. The van der Waals surface area contributed by atoms with Crippen LogP contribution in [0.5, 0.6) is 0 Å². The molecule has 0 radical (unpaired) electrons. The van der Waals surface area contributed by atoms with E-state index in [0.29, 0.717) is 10.6 Å². The summed E-state index contributed by atoms with van der Waals surface area (Å²) in [5, 5.41) is 5.22. The van der Waals surface area contributed by atoms with E-state index < -0.39 is 5.97 Å². The minimum absolute atomic E-state index is 0.176. The molecule has 1 N–H and O–H groups in total. The first kappa shape index (κ1) is 21.1. The third kappa shape index (κ3) is 4.03. The van der Waals surface area contributed by atoms with E-state index in [9.17, 15) is 9.59 Å². The molecule has 0 aliphatic heterocycles. The van der Waals surface area contributed by atoms with Crippen LogP contribution in [0.1, 0.15) is 27.2 Å². The van der Waals surface area contributed by atoms with Crippen molar-refractivity contribution in [2.75, 3.05) is 18.2 Å². The highest BCUT2D eigenvalue weighted by atomic mass is 32.2. The van der Waals surface area contributed by atoms with Crippen LogP contribution in [0.25, 0.3) is 20.7 Å². The number of esters is 1. The quantitative estimate of drug-likeness (QED) is 0.225. The van der Waals surface area contributed by atoms with Gasteiger partial charge in [0.1, 0.15) is 21.2 Å². The monoisotopic (exact) mass is 481 g/mol. The van der Waals surface area contributed by atoms with Crippen LogP contribution in [0.15, 0.2) is 47.8 Å². The molecule has 1 aliphatic rings. The summed E-state index contributed by atoms with van der Waals surface area (Å²) in [7, 11) is 1.37. The molecule has 3 heterocycles. The number of aryl methyl sites for hydroxylation is 1. The zero-order chi connectivity index (χ0) is 22.1. The number of thioether (sulfide) groups is 1. The van der Waals surface area contributed by atoms with Gasteiger partial charge in [0.2, 0.25) is 5.91 Å². The molecule has 162 valence electrons. The molecule has 6 nitrogen and oxygen atoms in total. The summed E-state index contributed by atoms with van der Waals surface area (Å²) in [5.74, 6) is -0.381. The topological polar surface area (TPSA) is 81.2 Å². The summed E-state index contributed by atoms with van der Waals surface area (Å²) >= 11 is 4.46. The first-order valence-corrected chi connectivity index (χ1v) is 12.7. The van der Waals surface area contributed by atoms with Crippen LogP contribution >= 0.6 is 34.4 Å². The molecule has 5 rings (SSSR count). The SMILES string of the molecule is COC(=O)c1c(NC(=O)CSc2ncnc3sc(-c4ccccc4)cc23)sc2c1CCC2. The van der Waals surface area contributed by atoms with Crippen molar-refractivity contribution in [1.82, 2.24) is 9.97 Å². The Morgan fingerprint density at radius 3 is 2.81 bits per heavy atom. The van der Waals surface area contributed by atoms with Crippen molar-refractivity contribution in [2.24, 2.45) is 0 Å². The Labute approximate surface area is 197 Å². The largest absolute Gasteiger partial charge is 0.465 e.